The van der Waals surface area contributed by atoms with Gasteiger partial charge in [-0.05, 0) is 91.0 Å². The van der Waals surface area contributed by atoms with Gasteiger partial charge in [0.2, 0.25) is 0 Å². The molecule has 10 nitrogen and oxygen atoms in total. The lowest BCUT2D eigenvalue weighted by Gasteiger charge is -2.28. The van der Waals surface area contributed by atoms with Crippen molar-refractivity contribution in [3.63, 3.8) is 0 Å². The predicted molar refractivity (Wildman–Crippen MR) is 144 cm³/mol. The lowest BCUT2D eigenvalue weighted by Crippen LogP contribution is -2.44. The topological polar surface area (TPSA) is 113 Å². The van der Waals surface area contributed by atoms with Crippen molar-refractivity contribution in [2.45, 2.75) is 77.4 Å². The second-order valence-electron chi connectivity index (χ2n) is 11.9. The van der Waals surface area contributed by atoms with E-state index in [1.807, 2.05) is 35.0 Å². The van der Waals surface area contributed by atoms with Crippen LogP contribution in [0.15, 0.2) is 47.5 Å². The van der Waals surface area contributed by atoms with Crippen molar-refractivity contribution in [1.29, 1.82) is 0 Å². The van der Waals surface area contributed by atoms with E-state index >= 15 is 0 Å². The number of methoxy groups -OCH3 is 1. The molecule has 3 aromatic rings. The van der Waals surface area contributed by atoms with Crippen molar-refractivity contribution < 1.29 is 33.0 Å². The normalized spacial score (nSPS) is 19.0. The van der Waals surface area contributed by atoms with Gasteiger partial charge < -0.3 is 23.2 Å². The fraction of sp³-hybridized carbons (Fsp3) is 0.517. The number of imide groups is 1. The van der Waals surface area contributed by atoms with Gasteiger partial charge in [0.15, 0.2) is 0 Å². The monoisotopic (exact) mass is 539 g/mol. The van der Waals surface area contributed by atoms with E-state index in [4.69, 9.17) is 18.6 Å². The Balaban J connectivity index is 1.47. The number of rotatable bonds is 7. The number of benzene rings is 1. The second-order valence-corrected chi connectivity index (χ2v) is 11.9. The van der Waals surface area contributed by atoms with E-state index in [2.05, 4.69) is 4.98 Å². The molecule has 0 spiro atoms. The highest BCUT2D eigenvalue weighted by molar-refractivity contribution is 5.88. The van der Waals surface area contributed by atoms with Crippen LogP contribution in [0.4, 0.5) is 9.59 Å². The molecule has 39 heavy (non-hydrogen) atoms. The summed E-state index contributed by atoms with van der Waals surface area (Å²) < 4.78 is 23.3. The molecule has 0 radical (unpaired) electrons. The number of carbonyl (C=O) groups excluding carboxylic acids is 3. The molecule has 4 rings (SSSR count). The van der Waals surface area contributed by atoms with Crippen molar-refractivity contribution in [1.82, 2.24) is 14.5 Å². The summed E-state index contributed by atoms with van der Waals surface area (Å²) in [6.45, 7) is 10.5. The first-order valence-corrected chi connectivity index (χ1v) is 13.1. The Morgan fingerprint density at radius 1 is 1.08 bits per heavy atom. The minimum Gasteiger partial charge on any atom is -0.468 e. The van der Waals surface area contributed by atoms with Gasteiger partial charge in [-0.2, -0.15) is 0 Å². The molecule has 0 N–H and O–H groups in total. The maximum absolute atomic E-state index is 13.0. The van der Waals surface area contributed by atoms with Gasteiger partial charge in [0.1, 0.15) is 22.2 Å². The van der Waals surface area contributed by atoms with Gasteiger partial charge in [0.25, 0.3) is 0 Å². The molecule has 1 fully saturated rings. The minimum absolute atomic E-state index is 0.0521. The highest BCUT2D eigenvalue weighted by Crippen LogP contribution is 2.57. The first-order valence-electron chi connectivity index (χ1n) is 13.1. The van der Waals surface area contributed by atoms with E-state index in [1.165, 1.54) is 7.11 Å². The van der Waals surface area contributed by atoms with Crippen LogP contribution in [-0.4, -0.2) is 57.5 Å². The molecule has 1 saturated carbocycles. The Morgan fingerprint density at radius 3 is 2.36 bits per heavy atom. The van der Waals surface area contributed by atoms with Crippen LogP contribution in [0.25, 0.3) is 16.7 Å². The molecule has 0 saturated heterocycles. The Labute approximate surface area is 228 Å². The number of carbonyl (C=O) groups is 3. The fourth-order valence-electron chi connectivity index (χ4n) is 4.72. The number of ether oxygens (including phenoxy) is 3. The van der Waals surface area contributed by atoms with Crippen LogP contribution in [0.3, 0.4) is 0 Å². The van der Waals surface area contributed by atoms with E-state index in [0.29, 0.717) is 25.0 Å². The van der Waals surface area contributed by atoms with Gasteiger partial charge in [-0.25, -0.2) is 19.5 Å². The third kappa shape index (κ3) is 6.26. The van der Waals surface area contributed by atoms with Crippen LogP contribution >= 0.6 is 0 Å². The molecular formula is C29H37N3O7. The summed E-state index contributed by atoms with van der Waals surface area (Å²) >= 11 is 0. The second kappa shape index (κ2) is 10.4. The maximum atomic E-state index is 13.0. The molecule has 0 bridgehead atoms. The third-order valence-corrected chi connectivity index (χ3v) is 6.59. The molecule has 2 unspecified atom stereocenters. The number of imidazole rings is 1. The predicted octanol–water partition coefficient (Wildman–Crippen LogP) is 6.00. The molecule has 2 heterocycles. The lowest BCUT2D eigenvalue weighted by atomic mass is 9.97. The van der Waals surface area contributed by atoms with Crippen molar-refractivity contribution >= 4 is 29.1 Å². The van der Waals surface area contributed by atoms with E-state index in [-0.39, 0.29) is 18.4 Å². The Kier molecular flexibility index (Phi) is 7.51. The number of furan rings is 1. The Bertz CT molecular complexity index is 1330. The molecular weight excluding hydrogens is 502 g/mol. The number of fused-ring (bicyclic) bond motifs is 1. The summed E-state index contributed by atoms with van der Waals surface area (Å²) in [5, 5.41) is 0.967. The van der Waals surface area contributed by atoms with Crippen LogP contribution in [0, 0.1) is 5.92 Å². The summed E-state index contributed by atoms with van der Waals surface area (Å²) in [7, 11) is 1.37. The first kappa shape index (κ1) is 28.2. The van der Waals surface area contributed by atoms with Crippen LogP contribution in [0.1, 0.15) is 66.5 Å². The molecule has 2 amide bonds. The lowest BCUT2D eigenvalue weighted by molar-refractivity contribution is -0.144. The van der Waals surface area contributed by atoms with Crippen LogP contribution in [-0.2, 0) is 24.4 Å². The zero-order valence-electron chi connectivity index (χ0n) is 23.6. The van der Waals surface area contributed by atoms with E-state index in [1.54, 1.807) is 54.1 Å². The quantitative estimate of drug-likeness (QED) is 0.265. The number of nitrogens with zero attached hydrogens (tertiary/aromatic N) is 3. The summed E-state index contributed by atoms with van der Waals surface area (Å²) in [4.78, 5) is 44.1. The number of hydrogen-bond donors (Lipinski definition) is 0. The SMILES string of the molecule is COC(=O)C1(c2cn(-c3ccc4occc4c3)cn2)CC1CCCN(C(=O)OC(C)(C)C)C(=O)OC(C)(C)C. The molecule has 1 aliphatic carbocycles. The van der Waals surface area contributed by atoms with Gasteiger partial charge in [0.05, 0.1) is 25.4 Å². The van der Waals surface area contributed by atoms with Crippen LogP contribution < -0.4 is 0 Å². The van der Waals surface area contributed by atoms with E-state index in [0.717, 1.165) is 21.6 Å². The summed E-state index contributed by atoms with van der Waals surface area (Å²) in [6.07, 6.45) is 5.25. The molecule has 2 aromatic heterocycles. The van der Waals surface area contributed by atoms with E-state index < -0.39 is 28.8 Å². The van der Waals surface area contributed by atoms with Crippen molar-refractivity contribution in [3.8, 4) is 5.69 Å². The van der Waals surface area contributed by atoms with Crippen molar-refractivity contribution in [2.24, 2.45) is 5.92 Å². The zero-order valence-corrected chi connectivity index (χ0v) is 23.6. The average molecular weight is 540 g/mol. The summed E-state index contributed by atoms with van der Waals surface area (Å²) in [5.74, 6) is -0.400. The van der Waals surface area contributed by atoms with Gasteiger partial charge in [-0.15, -0.1) is 0 Å². The standard InChI is InChI=1S/C29H37N3O7/c1-27(2,3)38-25(34)32(26(35)39-28(4,5)6)13-8-9-20-16-29(20,24(33)36-7)23-17-31(18-30-23)21-10-11-22-19(15-21)12-14-37-22/h10-12,14-15,17-18,20H,8-9,13,16H2,1-7H3. The molecule has 10 heteroatoms. The number of aromatic nitrogens is 2. The van der Waals surface area contributed by atoms with Gasteiger partial charge >= 0.3 is 18.2 Å². The molecule has 0 aliphatic heterocycles. The first-order chi connectivity index (χ1) is 18.2. The summed E-state index contributed by atoms with van der Waals surface area (Å²) in [6, 6.07) is 7.69. The number of amides is 2. The Morgan fingerprint density at radius 2 is 1.74 bits per heavy atom. The van der Waals surface area contributed by atoms with Crippen molar-refractivity contribution in [2.75, 3.05) is 13.7 Å². The molecule has 1 aromatic carbocycles. The largest absolute Gasteiger partial charge is 0.468 e. The fourth-order valence-corrected chi connectivity index (χ4v) is 4.72. The highest BCUT2D eigenvalue weighted by Gasteiger charge is 2.63. The van der Waals surface area contributed by atoms with Gasteiger partial charge in [-0.3, -0.25) is 4.79 Å². The average Bonchev–Trinajstić information content (AvgIpc) is 3.17. The van der Waals surface area contributed by atoms with Gasteiger partial charge in [0, 0.05) is 23.8 Å². The van der Waals surface area contributed by atoms with Crippen LogP contribution in [0.2, 0.25) is 0 Å². The highest BCUT2D eigenvalue weighted by atomic mass is 16.6. The minimum atomic E-state index is -0.873. The molecule has 2 atom stereocenters. The van der Waals surface area contributed by atoms with Gasteiger partial charge in [-0.1, -0.05) is 0 Å². The smallest absolute Gasteiger partial charge is 0.419 e. The van der Waals surface area contributed by atoms with Crippen molar-refractivity contribution in [3.05, 3.63) is 48.7 Å². The zero-order chi connectivity index (χ0) is 28.6. The van der Waals surface area contributed by atoms with Crippen LogP contribution in [0.5, 0.6) is 0 Å². The molecule has 1 aliphatic rings. The number of esters is 1. The molecule has 210 valence electrons. The third-order valence-electron chi connectivity index (χ3n) is 6.59. The maximum Gasteiger partial charge on any atom is 0.419 e. The number of hydrogen-bond acceptors (Lipinski definition) is 8. The van der Waals surface area contributed by atoms with E-state index in [9.17, 15) is 14.4 Å². The Hall–Kier alpha value is -3.82. The summed E-state index contributed by atoms with van der Waals surface area (Å²) in [5.41, 5.74) is -0.0984.